The fourth-order valence-corrected chi connectivity index (χ4v) is 2.25. The van der Waals surface area contributed by atoms with Crippen molar-refractivity contribution < 1.29 is 5.11 Å². The molecule has 0 aliphatic rings. The van der Waals surface area contributed by atoms with E-state index in [4.69, 9.17) is 0 Å². The third-order valence-corrected chi connectivity index (χ3v) is 3.22. The lowest BCUT2D eigenvalue weighted by molar-refractivity contribution is 0.278. The summed E-state index contributed by atoms with van der Waals surface area (Å²) in [4.78, 5) is 4.59. The number of anilines is 1. The van der Waals surface area contributed by atoms with Crippen LogP contribution in [0.5, 0.6) is 0 Å². The predicted octanol–water partition coefficient (Wildman–Crippen LogP) is 2.88. The normalized spacial score (nSPS) is 11.4. The van der Waals surface area contributed by atoms with Gasteiger partial charge in [-0.25, -0.2) is 4.98 Å². The van der Waals surface area contributed by atoms with Gasteiger partial charge in [-0.05, 0) is 30.9 Å². The van der Waals surface area contributed by atoms with Crippen molar-refractivity contribution in [3.63, 3.8) is 0 Å². The fourth-order valence-electron chi connectivity index (χ4n) is 2.25. The van der Waals surface area contributed by atoms with E-state index in [0.717, 1.165) is 35.9 Å². The molecular formula is C15H23N3O. The number of imidazole rings is 1. The van der Waals surface area contributed by atoms with Crippen LogP contribution in [0.15, 0.2) is 24.3 Å². The molecule has 0 atom stereocenters. The van der Waals surface area contributed by atoms with Gasteiger partial charge in [0.1, 0.15) is 0 Å². The molecule has 0 spiro atoms. The zero-order valence-electron chi connectivity index (χ0n) is 11.8. The first kappa shape index (κ1) is 13.9. The smallest absolute Gasteiger partial charge is 0.203 e. The predicted molar refractivity (Wildman–Crippen MR) is 79.4 cm³/mol. The van der Waals surface area contributed by atoms with Gasteiger partial charge in [-0.2, -0.15) is 0 Å². The number of benzene rings is 1. The molecule has 0 unspecified atom stereocenters. The van der Waals surface area contributed by atoms with Crippen molar-refractivity contribution in [2.45, 2.75) is 33.2 Å². The van der Waals surface area contributed by atoms with E-state index in [0.29, 0.717) is 6.54 Å². The largest absolute Gasteiger partial charge is 0.395 e. The highest BCUT2D eigenvalue weighted by molar-refractivity contribution is 5.78. The fraction of sp³-hybridized carbons (Fsp3) is 0.533. The number of hydrogen-bond donors (Lipinski definition) is 2. The molecule has 0 radical (unpaired) electrons. The Morgan fingerprint density at radius 3 is 2.84 bits per heavy atom. The molecule has 0 aliphatic heterocycles. The van der Waals surface area contributed by atoms with Crippen molar-refractivity contribution in [1.29, 1.82) is 0 Å². The first-order valence-electron chi connectivity index (χ1n) is 7.02. The summed E-state index contributed by atoms with van der Waals surface area (Å²) in [7, 11) is 0. The summed E-state index contributed by atoms with van der Waals surface area (Å²) in [5.41, 5.74) is 2.05. The minimum Gasteiger partial charge on any atom is -0.395 e. The van der Waals surface area contributed by atoms with E-state index in [1.54, 1.807) is 0 Å². The summed E-state index contributed by atoms with van der Waals surface area (Å²) in [5.74, 6) is 1.59. The maximum absolute atomic E-state index is 9.19. The maximum atomic E-state index is 9.19. The molecule has 0 fully saturated rings. The second-order valence-corrected chi connectivity index (χ2v) is 5.26. The zero-order valence-corrected chi connectivity index (χ0v) is 11.8. The van der Waals surface area contributed by atoms with Crippen LogP contribution in [0, 0.1) is 5.92 Å². The van der Waals surface area contributed by atoms with Gasteiger partial charge in [-0.3, -0.25) is 0 Å². The number of aromatic nitrogens is 2. The maximum Gasteiger partial charge on any atom is 0.203 e. The molecule has 2 rings (SSSR count). The number of nitrogens with one attached hydrogen (secondary N) is 1. The molecule has 1 heterocycles. The van der Waals surface area contributed by atoms with Crippen LogP contribution in [-0.2, 0) is 6.54 Å². The molecule has 4 heteroatoms. The van der Waals surface area contributed by atoms with E-state index in [1.165, 1.54) is 6.42 Å². The van der Waals surface area contributed by atoms with Crippen molar-refractivity contribution in [1.82, 2.24) is 9.55 Å². The average molecular weight is 261 g/mol. The summed E-state index contributed by atoms with van der Waals surface area (Å²) < 4.78 is 2.05. The molecule has 0 aliphatic carbocycles. The summed E-state index contributed by atoms with van der Waals surface area (Å²) in [6, 6.07) is 8.03. The van der Waals surface area contributed by atoms with Gasteiger partial charge in [0.15, 0.2) is 0 Å². The Labute approximate surface area is 114 Å². The van der Waals surface area contributed by atoms with Crippen molar-refractivity contribution in [2.75, 3.05) is 18.5 Å². The van der Waals surface area contributed by atoms with E-state index in [9.17, 15) is 5.11 Å². The first-order valence-corrected chi connectivity index (χ1v) is 7.02. The Morgan fingerprint density at radius 1 is 1.32 bits per heavy atom. The highest BCUT2D eigenvalue weighted by atomic mass is 16.3. The third kappa shape index (κ3) is 3.47. The van der Waals surface area contributed by atoms with E-state index >= 15 is 0 Å². The number of rotatable bonds is 7. The lowest BCUT2D eigenvalue weighted by atomic mass is 10.1. The minimum absolute atomic E-state index is 0.126. The molecule has 104 valence electrons. The number of para-hydroxylation sites is 2. The number of aliphatic hydroxyl groups is 1. The van der Waals surface area contributed by atoms with Gasteiger partial charge in [0.25, 0.3) is 0 Å². The molecule has 19 heavy (non-hydrogen) atoms. The third-order valence-electron chi connectivity index (χ3n) is 3.22. The summed E-state index contributed by atoms with van der Waals surface area (Å²) >= 11 is 0. The number of aliphatic hydroxyl groups excluding tert-OH is 1. The van der Waals surface area contributed by atoms with Crippen LogP contribution in [-0.4, -0.2) is 27.8 Å². The van der Waals surface area contributed by atoms with E-state index in [1.807, 2.05) is 28.8 Å². The Balaban J connectivity index is 2.10. The summed E-state index contributed by atoms with van der Waals surface area (Å²) in [5, 5.41) is 12.6. The van der Waals surface area contributed by atoms with Gasteiger partial charge >= 0.3 is 0 Å². The van der Waals surface area contributed by atoms with Gasteiger partial charge in [-0.1, -0.05) is 26.0 Å². The molecular weight excluding hydrogens is 238 g/mol. The molecule has 0 amide bonds. The minimum atomic E-state index is 0.126. The Morgan fingerprint density at radius 2 is 2.11 bits per heavy atom. The average Bonchev–Trinajstić information content (AvgIpc) is 2.74. The highest BCUT2D eigenvalue weighted by Crippen LogP contribution is 2.19. The van der Waals surface area contributed by atoms with Gasteiger partial charge in [0.2, 0.25) is 5.95 Å². The second-order valence-electron chi connectivity index (χ2n) is 5.26. The van der Waals surface area contributed by atoms with E-state index < -0.39 is 0 Å². The molecule has 0 bridgehead atoms. The zero-order chi connectivity index (χ0) is 13.7. The van der Waals surface area contributed by atoms with Gasteiger partial charge in [0, 0.05) is 13.1 Å². The van der Waals surface area contributed by atoms with Crippen molar-refractivity contribution in [2.24, 2.45) is 5.92 Å². The van der Waals surface area contributed by atoms with Gasteiger partial charge in [-0.15, -0.1) is 0 Å². The lowest BCUT2D eigenvalue weighted by Crippen LogP contribution is -2.11. The van der Waals surface area contributed by atoms with Crippen LogP contribution in [0.3, 0.4) is 0 Å². The van der Waals surface area contributed by atoms with Gasteiger partial charge in [0.05, 0.1) is 17.6 Å². The Kier molecular flexibility index (Phi) is 4.80. The molecule has 1 aromatic carbocycles. The Hall–Kier alpha value is -1.55. The number of fused-ring (bicyclic) bond motifs is 1. The molecule has 2 N–H and O–H groups in total. The lowest BCUT2D eigenvalue weighted by Gasteiger charge is -2.10. The van der Waals surface area contributed by atoms with Gasteiger partial charge < -0.3 is 15.0 Å². The standard InChI is InChI=1S/C15H23N3O/c1-12(2)6-5-9-16-15-17-13-7-3-4-8-14(13)18(15)10-11-19/h3-4,7-8,12,19H,5-6,9-11H2,1-2H3,(H,16,17). The van der Waals surface area contributed by atoms with Crippen molar-refractivity contribution in [3.05, 3.63) is 24.3 Å². The Bertz CT molecular complexity index is 519. The van der Waals surface area contributed by atoms with E-state index in [2.05, 4.69) is 24.1 Å². The number of hydrogen-bond acceptors (Lipinski definition) is 3. The van der Waals surface area contributed by atoms with Crippen LogP contribution in [0.2, 0.25) is 0 Å². The van der Waals surface area contributed by atoms with Crippen molar-refractivity contribution >= 4 is 17.0 Å². The van der Waals surface area contributed by atoms with Crippen LogP contribution in [0.4, 0.5) is 5.95 Å². The highest BCUT2D eigenvalue weighted by Gasteiger charge is 2.09. The molecule has 1 aromatic heterocycles. The second kappa shape index (κ2) is 6.57. The van der Waals surface area contributed by atoms with Crippen molar-refractivity contribution in [3.8, 4) is 0 Å². The summed E-state index contributed by atoms with van der Waals surface area (Å²) in [6.45, 7) is 6.10. The molecule has 0 saturated heterocycles. The molecule has 2 aromatic rings. The first-order chi connectivity index (χ1) is 9.22. The molecule has 0 saturated carbocycles. The monoisotopic (exact) mass is 261 g/mol. The van der Waals surface area contributed by atoms with Crippen LogP contribution < -0.4 is 5.32 Å². The van der Waals surface area contributed by atoms with Crippen LogP contribution >= 0.6 is 0 Å². The summed E-state index contributed by atoms with van der Waals surface area (Å²) in [6.07, 6.45) is 2.35. The van der Waals surface area contributed by atoms with Crippen LogP contribution in [0.25, 0.3) is 11.0 Å². The number of nitrogens with zero attached hydrogens (tertiary/aromatic N) is 2. The topological polar surface area (TPSA) is 50.1 Å². The SMILES string of the molecule is CC(C)CCCNc1nc2ccccc2n1CCO. The van der Waals surface area contributed by atoms with Crippen LogP contribution in [0.1, 0.15) is 26.7 Å². The quantitative estimate of drug-likeness (QED) is 0.753. The van der Waals surface area contributed by atoms with E-state index in [-0.39, 0.29) is 6.61 Å². The molecule has 4 nitrogen and oxygen atoms in total.